The summed E-state index contributed by atoms with van der Waals surface area (Å²) in [6.45, 7) is 6.56. The van der Waals surface area contributed by atoms with Crippen LogP contribution in [0.3, 0.4) is 0 Å². The lowest BCUT2D eigenvalue weighted by Gasteiger charge is -2.62. The van der Waals surface area contributed by atoms with Crippen LogP contribution in [0.25, 0.3) is 0 Å². The number of carbonyl (C=O) groups excluding carboxylic acids is 1. The molecule has 1 N–H and O–H groups in total. The van der Waals surface area contributed by atoms with Gasteiger partial charge in [-0.25, -0.2) is 13.6 Å². The van der Waals surface area contributed by atoms with Gasteiger partial charge in [0, 0.05) is 48.2 Å². The van der Waals surface area contributed by atoms with E-state index in [2.05, 4.69) is 36.2 Å². The summed E-state index contributed by atoms with van der Waals surface area (Å²) in [6.07, 6.45) is 1.73. The molecule has 160 valence electrons. The Morgan fingerprint density at radius 3 is 2.43 bits per heavy atom. The minimum atomic E-state index is -0.646. The lowest BCUT2D eigenvalue weighted by molar-refractivity contribution is -0.123. The van der Waals surface area contributed by atoms with Gasteiger partial charge in [0.1, 0.15) is 11.6 Å². The zero-order chi connectivity index (χ0) is 21.5. The summed E-state index contributed by atoms with van der Waals surface area (Å²) < 4.78 is 27.2. The van der Waals surface area contributed by atoms with Gasteiger partial charge >= 0.3 is 6.03 Å². The number of anilines is 1. The van der Waals surface area contributed by atoms with Gasteiger partial charge in [-0.3, -0.25) is 4.90 Å². The van der Waals surface area contributed by atoms with Crippen LogP contribution in [0.2, 0.25) is 5.02 Å². The molecule has 2 aromatic rings. The molecular weight excluding hydrogens is 408 g/mol. The fourth-order valence-corrected chi connectivity index (χ4v) is 4.95. The number of hydrogen-bond acceptors (Lipinski definition) is 2. The largest absolute Gasteiger partial charge is 0.324 e. The highest BCUT2D eigenvalue weighted by molar-refractivity contribution is 6.30. The van der Waals surface area contributed by atoms with Gasteiger partial charge in [-0.2, -0.15) is 0 Å². The highest BCUT2D eigenvalue weighted by Crippen LogP contribution is 2.55. The van der Waals surface area contributed by atoms with Gasteiger partial charge in [0.2, 0.25) is 0 Å². The zero-order valence-corrected chi connectivity index (χ0v) is 17.9. The van der Waals surface area contributed by atoms with Gasteiger partial charge in [0.05, 0.1) is 5.69 Å². The molecule has 30 heavy (non-hydrogen) atoms. The first-order chi connectivity index (χ1) is 14.3. The molecule has 1 unspecified atom stereocenters. The first-order valence-electron chi connectivity index (χ1n) is 10.3. The summed E-state index contributed by atoms with van der Waals surface area (Å²) in [5.41, 5.74) is 1.23. The van der Waals surface area contributed by atoms with Gasteiger partial charge in [-0.1, -0.05) is 23.7 Å². The summed E-state index contributed by atoms with van der Waals surface area (Å²) >= 11 is 6.08. The lowest BCUT2D eigenvalue weighted by Crippen LogP contribution is -2.64. The van der Waals surface area contributed by atoms with E-state index in [0.717, 1.165) is 42.6 Å². The topological polar surface area (TPSA) is 35.6 Å². The van der Waals surface area contributed by atoms with Crippen LogP contribution in [0.1, 0.15) is 38.3 Å². The number of urea groups is 1. The molecule has 1 atom stereocenters. The van der Waals surface area contributed by atoms with E-state index in [4.69, 9.17) is 11.6 Å². The number of nitrogens with one attached hydrogen (secondary N) is 1. The predicted molar refractivity (Wildman–Crippen MR) is 115 cm³/mol. The Labute approximate surface area is 180 Å². The Morgan fingerprint density at radius 2 is 1.80 bits per heavy atom. The van der Waals surface area contributed by atoms with Gasteiger partial charge in [0.15, 0.2) is 0 Å². The maximum atomic E-state index is 13.9. The average Bonchev–Trinajstić information content (AvgIpc) is 2.71. The first kappa shape index (κ1) is 21.1. The van der Waals surface area contributed by atoms with Crippen LogP contribution in [0.4, 0.5) is 19.3 Å². The van der Waals surface area contributed by atoms with Crippen LogP contribution in [0.5, 0.6) is 0 Å². The molecule has 4 rings (SSSR count). The maximum absolute atomic E-state index is 13.9. The molecule has 1 spiro atoms. The van der Waals surface area contributed by atoms with Crippen LogP contribution in [0, 0.1) is 17.0 Å². The SMILES string of the molecule is CC(C)N1CC2(CCN(C(=O)Nc3cc(F)ccc3F)CC2)C1c1ccc(Cl)cc1. The second kappa shape index (κ2) is 8.16. The Bertz CT molecular complexity index is 927. The second-order valence-corrected chi connectivity index (χ2v) is 9.06. The lowest BCUT2D eigenvalue weighted by atomic mass is 9.62. The molecule has 2 fully saturated rings. The Kier molecular flexibility index (Phi) is 5.73. The van der Waals surface area contributed by atoms with E-state index in [0.29, 0.717) is 25.2 Å². The van der Waals surface area contributed by atoms with Crippen LogP contribution < -0.4 is 5.32 Å². The van der Waals surface area contributed by atoms with Crippen molar-refractivity contribution in [2.24, 2.45) is 5.41 Å². The molecule has 2 heterocycles. The van der Waals surface area contributed by atoms with Crippen LogP contribution in [-0.2, 0) is 0 Å². The fourth-order valence-electron chi connectivity index (χ4n) is 4.83. The molecule has 2 aliphatic rings. The number of rotatable bonds is 3. The van der Waals surface area contributed by atoms with Crippen molar-refractivity contribution < 1.29 is 13.6 Å². The molecular formula is C23H26ClF2N3O. The Balaban J connectivity index is 1.45. The minimum absolute atomic E-state index is 0.110. The molecule has 2 aromatic carbocycles. The van der Waals surface area contributed by atoms with Crippen LogP contribution >= 0.6 is 11.6 Å². The average molecular weight is 434 g/mol. The summed E-state index contributed by atoms with van der Waals surface area (Å²) in [5, 5.41) is 3.23. The van der Waals surface area contributed by atoms with E-state index >= 15 is 0 Å². The van der Waals surface area contributed by atoms with Crippen molar-refractivity contribution in [1.82, 2.24) is 9.80 Å². The van der Waals surface area contributed by atoms with E-state index < -0.39 is 17.7 Å². The number of hydrogen-bond donors (Lipinski definition) is 1. The first-order valence-corrected chi connectivity index (χ1v) is 10.7. The van der Waals surface area contributed by atoms with Crippen LogP contribution in [0.15, 0.2) is 42.5 Å². The number of piperidine rings is 1. The predicted octanol–water partition coefficient (Wildman–Crippen LogP) is 5.70. The van der Waals surface area contributed by atoms with E-state index in [-0.39, 0.29) is 11.1 Å². The van der Waals surface area contributed by atoms with Crippen molar-refractivity contribution in [3.8, 4) is 0 Å². The Morgan fingerprint density at radius 1 is 1.13 bits per heavy atom. The molecule has 2 aliphatic heterocycles. The smallest absolute Gasteiger partial charge is 0.321 e. The Hall–Kier alpha value is -2.18. The number of likely N-dealkylation sites (tertiary alicyclic amines) is 2. The van der Waals surface area contributed by atoms with Gasteiger partial charge < -0.3 is 10.2 Å². The number of carbonyl (C=O) groups is 1. The van der Waals surface area contributed by atoms with Gasteiger partial charge in [-0.15, -0.1) is 0 Å². The molecule has 0 aliphatic carbocycles. The quantitative estimate of drug-likeness (QED) is 0.674. The monoisotopic (exact) mass is 433 g/mol. The summed E-state index contributed by atoms with van der Waals surface area (Å²) in [6, 6.07) is 11.4. The second-order valence-electron chi connectivity index (χ2n) is 8.62. The summed E-state index contributed by atoms with van der Waals surface area (Å²) in [4.78, 5) is 16.8. The maximum Gasteiger partial charge on any atom is 0.321 e. The van der Waals surface area contributed by atoms with Crippen molar-refractivity contribution in [3.05, 3.63) is 64.7 Å². The van der Waals surface area contributed by atoms with Crippen molar-refractivity contribution in [2.45, 2.75) is 38.8 Å². The van der Waals surface area contributed by atoms with E-state index in [1.54, 1.807) is 4.90 Å². The molecule has 0 radical (unpaired) electrons. The van der Waals surface area contributed by atoms with E-state index in [1.165, 1.54) is 5.56 Å². The third kappa shape index (κ3) is 3.91. The molecule has 2 amide bonds. The third-order valence-corrected chi connectivity index (χ3v) is 6.73. The zero-order valence-electron chi connectivity index (χ0n) is 17.2. The number of nitrogens with zero attached hydrogens (tertiary/aromatic N) is 2. The number of halogens is 3. The highest BCUT2D eigenvalue weighted by Gasteiger charge is 2.54. The van der Waals surface area contributed by atoms with Gasteiger partial charge in [-0.05, 0) is 56.5 Å². The molecule has 0 bridgehead atoms. The minimum Gasteiger partial charge on any atom is -0.324 e. The van der Waals surface area contributed by atoms with Crippen molar-refractivity contribution in [2.75, 3.05) is 25.0 Å². The van der Waals surface area contributed by atoms with Crippen molar-refractivity contribution >= 4 is 23.3 Å². The van der Waals surface area contributed by atoms with Crippen molar-refractivity contribution in [1.29, 1.82) is 0 Å². The normalized spacial score (nSPS) is 21.0. The van der Waals surface area contributed by atoms with E-state index in [9.17, 15) is 13.6 Å². The summed E-state index contributed by atoms with van der Waals surface area (Å²) in [5.74, 6) is -1.23. The number of amides is 2. The molecule has 0 saturated carbocycles. The van der Waals surface area contributed by atoms with Crippen molar-refractivity contribution in [3.63, 3.8) is 0 Å². The highest BCUT2D eigenvalue weighted by atomic mass is 35.5. The summed E-state index contributed by atoms with van der Waals surface area (Å²) in [7, 11) is 0. The molecule has 2 saturated heterocycles. The number of benzene rings is 2. The fraction of sp³-hybridized carbons (Fsp3) is 0.435. The standard InChI is InChI=1S/C23H26ClF2N3O/c1-15(2)29-14-23(21(29)16-3-5-17(24)6-4-16)9-11-28(12-10-23)22(30)27-20-13-18(25)7-8-19(20)26/h3-8,13,15,21H,9-12,14H2,1-2H3,(H,27,30). The molecule has 4 nitrogen and oxygen atoms in total. The van der Waals surface area contributed by atoms with Gasteiger partial charge in [0.25, 0.3) is 0 Å². The third-order valence-electron chi connectivity index (χ3n) is 6.47. The molecule has 0 aromatic heterocycles. The van der Waals surface area contributed by atoms with Crippen LogP contribution in [-0.4, -0.2) is 41.5 Å². The van der Waals surface area contributed by atoms with E-state index in [1.807, 2.05) is 12.1 Å². The molecule has 7 heteroatoms.